The standard InChI is InChI=1S/C13H17NO5S/c1-19-13(16)10-3-2-4-11(7-10)20(17,18)14-8-12(15)9-5-6-9/h2-4,7,9,12,14-15H,5-6,8H2,1H3. The van der Waals surface area contributed by atoms with Gasteiger partial charge in [-0.15, -0.1) is 0 Å². The molecule has 2 N–H and O–H groups in total. The third kappa shape index (κ3) is 3.56. The van der Waals surface area contributed by atoms with Crippen molar-refractivity contribution in [2.75, 3.05) is 13.7 Å². The highest BCUT2D eigenvalue weighted by atomic mass is 32.2. The fourth-order valence-corrected chi connectivity index (χ4v) is 2.93. The zero-order chi connectivity index (χ0) is 14.8. The van der Waals surface area contributed by atoms with Gasteiger partial charge in [-0.1, -0.05) is 6.07 Å². The molecule has 0 aromatic heterocycles. The molecule has 110 valence electrons. The molecule has 0 amide bonds. The van der Waals surface area contributed by atoms with Crippen LogP contribution in [0.2, 0.25) is 0 Å². The molecule has 0 aliphatic heterocycles. The van der Waals surface area contributed by atoms with Crippen molar-refractivity contribution in [3.05, 3.63) is 29.8 Å². The van der Waals surface area contributed by atoms with Crippen LogP contribution >= 0.6 is 0 Å². The van der Waals surface area contributed by atoms with E-state index in [0.29, 0.717) is 0 Å². The predicted octanol–water partition coefficient (Wildman–Crippen LogP) is 0.522. The number of aliphatic hydroxyl groups is 1. The first-order chi connectivity index (χ1) is 9.44. The number of sulfonamides is 1. The molecule has 0 heterocycles. The molecule has 7 heteroatoms. The first-order valence-electron chi connectivity index (χ1n) is 6.30. The molecule has 0 saturated heterocycles. The van der Waals surface area contributed by atoms with E-state index in [2.05, 4.69) is 9.46 Å². The Labute approximate surface area is 117 Å². The molecule has 1 aromatic carbocycles. The number of aliphatic hydroxyl groups excluding tert-OH is 1. The number of carbonyl (C=O) groups is 1. The van der Waals surface area contributed by atoms with Crippen molar-refractivity contribution in [1.82, 2.24) is 4.72 Å². The predicted molar refractivity (Wildman–Crippen MR) is 71.7 cm³/mol. The fraction of sp³-hybridized carbons (Fsp3) is 0.462. The van der Waals surface area contributed by atoms with E-state index in [4.69, 9.17) is 0 Å². The molecule has 1 aliphatic rings. The Balaban J connectivity index is 2.10. The summed E-state index contributed by atoms with van der Waals surface area (Å²) >= 11 is 0. The summed E-state index contributed by atoms with van der Waals surface area (Å²) < 4.78 is 31.0. The van der Waals surface area contributed by atoms with Crippen LogP contribution in [0, 0.1) is 5.92 Å². The molecule has 1 atom stereocenters. The molecular formula is C13H17NO5S. The number of methoxy groups -OCH3 is 1. The smallest absolute Gasteiger partial charge is 0.337 e. The molecule has 1 unspecified atom stereocenters. The molecule has 1 saturated carbocycles. The Hall–Kier alpha value is -1.44. The topological polar surface area (TPSA) is 92.7 Å². The molecule has 1 aromatic rings. The van der Waals surface area contributed by atoms with Gasteiger partial charge in [0.05, 0.1) is 23.7 Å². The van der Waals surface area contributed by atoms with Crippen molar-refractivity contribution in [1.29, 1.82) is 0 Å². The largest absolute Gasteiger partial charge is 0.465 e. The van der Waals surface area contributed by atoms with E-state index < -0.39 is 22.1 Å². The normalized spacial score (nSPS) is 16.7. The van der Waals surface area contributed by atoms with E-state index in [-0.39, 0.29) is 22.9 Å². The maximum atomic E-state index is 12.1. The van der Waals surface area contributed by atoms with Gasteiger partial charge in [0.15, 0.2) is 0 Å². The van der Waals surface area contributed by atoms with Gasteiger partial charge in [-0.3, -0.25) is 0 Å². The molecule has 1 fully saturated rings. The van der Waals surface area contributed by atoms with E-state index in [1.165, 1.54) is 31.4 Å². The zero-order valence-corrected chi connectivity index (χ0v) is 11.9. The second-order valence-corrected chi connectivity index (χ2v) is 6.54. The number of hydrogen-bond acceptors (Lipinski definition) is 5. The molecule has 20 heavy (non-hydrogen) atoms. The van der Waals surface area contributed by atoms with Gasteiger partial charge in [0, 0.05) is 6.54 Å². The Morgan fingerprint density at radius 1 is 1.50 bits per heavy atom. The zero-order valence-electron chi connectivity index (χ0n) is 11.1. The van der Waals surface area contributed by atoms with Gasteiger partial charge in [0.2, 0.25) is 10.0 Å². The highest BCUT2D eigenvalue weighted by Gasteiger charge is 2.30. The summed E-state index contributed by atoms with van der Waals surface area (Å²) in [6.45, 7) is -0.0184. The third-order valence-electron chi connectivity index (χ3n) is 3.21. The summed E-state index contributed by atoms with van der Waals surface area (Å²) in [5, 5.41) is 9.68. The number of ether oxygens (including phenoxy) is 1. The highest BCUT2D eigenvalue weighted by Crippen LogP contribution is 2.32. The molecular weight excluding hydrogens is 282 g/mol. The Morgan fingerprint density at radius 2 is 2.20 bits per heavy atom. The first-order valence-corrected chi connectivity index (χ1v) is 7.78. The number of hydrogen-bond donors (Lipinski definition) is 2. The van der Waals surface area contributed by atoms with Crippen molar-refractivity contribution >= 4 is 16.0 Å². The number of nitrogens with one attached hydrogen (secondary N) is 1. The van der Waals surface area contributed by atoms with E-state index in [1.807, 2.05) is 0 Å². The van der Waals surface area contributed by atoms with Crippen molar-refractivity contribution in [3.63, 3.8) is 0 Å². The second kappa shape index (κ2) is 5.90. The lowest BCUT2D eigenvalue weighted by molar-refractivity contribution is 0.0600. The third-order valence-corrected chi connectivity index (χ3v) is 4.64. The van der Waals surface area contributed by atoms with Gasteiger partial charge in [-0.2, -0.15) is 0 Å². The van der Waals surface area contributed by atoms with Crippen LogP contribution in [0.25, 0.3) is 0 Å². The molecule has 1 aliphatic carbocycles. The number of esters is 1. The lowest BCUT2D eigenvalue weighted by atomic mass is 10.2. The minimum atomic E-state index is -3.74. The van der Waals surface area contributed by atoms with E-state index in [1.54, 1.807) is 0 Å². The second-order valence-electron chi connectivity index (χ2n) is 4.78. The van der Waals surface area contributed by atoms with Gasteiger partial charge in [0.25, 0.3) is 0 Å². The van der Waals surface area contributed by atoms with Crippen LogP contribution in [0.5, 0.6) is 0 Å². The maximum Gasteiger partial charge on any atom is 0.337 e. The van der Waals surface area contributed by atoms with Gasteiger partial charge >= 0.3 is 5.97 Å². The van der Waals surface area contributed by atoms with Crippen LogP contribution in [-0.4, -0.2) is 39.3 Å². The van der Waals surface area contributed by atoms with Crippen molar-refractivity contribution in [2.45, 2.75) is 23.8 Å². The van der Waals surface area contributed by atoms with Crippen LogP contribution in [0.4, 0.5) is 0 Å². The van der Waals surface area contributed by atoms with Gasteiger partial charge in [-0.25, -0.2) is 17.9 Å². The van der Waals surface area contributed by atoms with E-state index in [9.17, 15) is 18.3 Å². The van der Waals surface area contributed by atoms with Gasteiger partial charge in [0.1, 0.15) is 0 Å². The number of carbonyl (C=O) groups excluding carboxylic acids is 1. The number of rotatable bonds is 6. The summed E-state index contributed by atoms with van der Waals surface area (Å²) in [7, 11) is -2.51. The molecule has 0 bridgehead atoms. The minimum absolute atomic E-state index is 0.0184. The number of benzene rings is 1. The fourth-order valence-electron chi connectivity index (χ4n) is 1.83. The van der Waals surface area contributed by atoms with Crippen molar-refractivity contribution in [2.24, 2.45) is 5.92 Å². The molecule has 0 radical (unpaired) electrons. The highest BCUT2D eigenvalue weighted by molar-refractivity contribution is 7.89. The summed E-state index contributed by atoms with van der Waals surface area (Å²) in [5.41, 5.74) is 0.165. The lowest BCUT2D eigenvalue weighted by Gasteiger charge is -2.11. The van der Waals surface area contributed by atoms with E-state index in [0.717, 1.165) is 12.8 Å². The molecule has 2 rings (SSSR count). The summed E-state index contributed by atoms with van der Waals surface area (Å²) in [6, 6.07) is 5.58. The SMILES string of the molecule is COC(=O)c1cccc(S(=O)(=O)NCC(O)C2CC2)c1. The quantitative estimate of drug-likeness (QED) is 0.747. The van der Waals surface area contributed by atoms with Gasteiger partial charge in [-0.05, 0) is 37.0 Å². The summed E-state index contributed by atoms with van der Waals surface area (Å²) in [5.74, 6) is -0.404. The average Bonchev–Trinajstić information content (AvgIpc) is 3.28. The van der Waals surface area contributed by atoms with Crippen LogP contribution in [0.1, 0.15) is 23.2 Å². The average molecular weight is 299 g/mol. The molecule has 0 spiro atoms. The first kappa shape index (κ1) is 15.0. The Morgan fingerprint density at radius 3 is 2.80 bits per heavy atom. The van der Waals surface area contributed by atoms with Crippen LogP contribution < -0.4 is 4.72 Å². The summed E-state index contributed by atoms with van der Waals surface area (Å²) in [6.07, 6.45) is 1.20. The van der Waals surface area contributed by atoms with Crippen molar-refractivity contribution in [3.8, 4) is 0 Å². The maximum absolute atomic E-state index is 12.1. The van der Waals surface area contributed by atoms with Gasteiger partial charge < -0.3 is 9.84 Å². The van der Waals surface area contributed by atoms with Crippen LogP contribution in [0.3, 0.4) is 0 Å². The minimum Gasteiger partial charge on any atom is -0.465 e. The van der Waals surface area contributed by atoms with Crippen LogP contribution in [-0.2, 0) is 14.8 Å². The molecule has 6 nitrogen and oxygen atoms in total. The lowest BCUT2D eigenvalue weighted by Crippen LogP contribution is -2.33. The Bertz CT molecular complexity index is 595. The van der Waals surface area contributed by atoms with Crippen molar-refractivity contribution < 1.29 is 23.1 Å². The summed E-state index contributed by atoms with van der Waals surface area (Å²) in [4.78, 5) is 11.4. The van der Waals surface area contributed by atoms with Crippen LogP contribution in [0.15, 0.2) is 29.2 Å². The monoisotopic (exact) mass is 299 g/mol. The van der Waals surface area contributed by atoms with E-state index >= 15 is 0 Å². The Kier molecular flexibility index (Phi) is 4.42.